The van der Waals surface area contributed by atoms with Gasteiger partial charge in [0, 0.05) is 5.41 Å². The second-order valence-electron chi connectivity index (χ2n) is 17.7. The lowest BCUT2D eigenvalue weighted by atomic mass is 9.80. The third kappa shape index (κ3) is 6.16. The minimum absolute atomic E-state index is 0.118. The molecule has 0 fully saturated rings. The van der Waals surface area contributed by atoms with Crippen LogP contribution in [0.15, 0.2) is 204 Å². The normalized spacial score (nSPS) is 14.2. The summed E-state index contributed by atoms with van der Waals surface area (Å²) >= 11 is 2.48. The van der Waals surface area contributed by atoms with Crippen LogP contribution in [0.4, 0.5) is 0 Å². The molecule has 10 aromatic rings. The first-order valence-corrected chi connectivity index (χ1v) is 22.9. The van der Waals surface area contributed by atoms with Crippen molar-refractivity contribution in [1.29, 1.82) is 0 Å². The van der Waals surface area contributed by atoms with Gasteiger partial charge in [0.2, 0.25) is 0 Å². The Labute approximate surface area is 377 Å². The van der Waals surface area contributed by atoms with Crippen molar-refractivity contribution in [2.24, 2.45) is 0 Å². The van der Waals surface area contributed by atoms with Gasteiger partial charge in [0.05, 0.1) is 0 Å². The Hall–Kier alpha value is -6.55. The van der Waals surface area contributed by atoms with Gasteiger partial charge in [0.15, 0.2) is 0 Å². The summed E-state index contributed by atoms with van der Waals surface area (Å²) in [6.07, 6.45) is 6.77. The molecule has 0 amide bonds. The molecule has 0 spiro atoms. The Morgan fingerprint density at radius 1 is 0.339 bits per heavy atom. The van der Waals surface area contributed by atoms with Crippen LogP contribution in [-0.4, -0.2) is 0 Å². The molecule has 0 unspecified atom stereocenters. The lowest BCUT2D eigenvalue weighted by molar-refractivity contribution is 0.661. The molecule has 0 heterocycles. The quantitative estimate of drug-likeness (QED) is 0.119. The van der Waals surface area contributed by atoms with Crippen molar-refractivity contribution in [2.75, 3.05) is 0 Å². The average molecular weight is 903 g/mol. The molecule has 10 aromatic carbocycles. The second kappa shape index (κ2) is 14.5. The molecule has 0 bridgehead atoms. The fourth-order valence-corrected chi connectivity index (χ4v) is 10.9. The van der Waals surface area contributed by atoms with Crippen molar-refractivity contribution in [3.63, 3.8) is 0 Å². The standard InChI is InChI=1S/C61H43I/c1-61(2)59-36-45(38-10-4-3-5-11-38)21-28-53(59)54-29-22-46(37-60(54)61)44-20-26-51-49(31-44)35-57(47-17-16-39-12-6-7-13-41(39)30-47)58-34-48(23-27-52(51)58)56-33-43-15-9-8-14-42(43)32-55(56)40-18-24-50(62)25-19-40/h3-18,20-24,26-37H,19,25H2,1-2H3. The Kier molecular flexibility index (Phi) is 8.73. The molecule has 12 rings (SSSR count). The van der Waals surface area contributed by atoms with Gasteiger partial charge < -0.3 is 0 Å². The molecular weight excluding hydrogens is 860 g/mol. The van der Waals surface area contributed by atoms with Crippen molar-refractivity contribution < 1.29 is 0 Å². The van der Waals surface area contributed by atoms with Gasteiger partial charge in [0.1, 0.15) is 0 Å². The zero-order valence-corrected chi connectivity index (χ0v) is 37.0. The first kappa shape index (κ1) is 37.2. The van der Waals surface area contributed by atoms with Crippen LogP contribution in [0.3, 0.4) is 0 Å². The highest BCUT2D eigenvalue weighted by Crippen LogP contribution is 2.51. The fraction of sp³-hybridized carbons (Fsp3) is 0.0820. The van der Waals surface area contributed by atoms with Crippen molar-refractivity contribution in [1.82, 2.24) is 0 Å². The van der Waals surface area contributed by atoms with E-state index in [1.165, 1.54) is 125 Å². The highest BCUT2D eigenvalue weighted by molar-refractivity contribution is 14.1. The van der Waals surface area contributed by atoms with E-state index in [4.69, 9.17) is 0 Å². The van der Waals surface area contributed by atoms with E-state index >= 15 is 0 Å². The molecule has 0 radical (unpaired) electrons. The summed E-state index contributed by atoms with van der Waals surface area (Å²) in [6, 6.07) is 71.0. The molecule has 1 heteroatoms. The van der Waals surface area contributed by atoms with Crippen molar-refractivity contribution in [3.05, 3.63) is 220 Å². The molecule has 2 aliphatic rings. The molecule has 294 valence electrons. The molecule has 0 saturated heterocycles. The molecule has 2 aliphatic carbocycles. The van der Waals surface area contributed by atoms with Crippen LogP contribution in [0.2, 0.25) is 0 Å². The minimum Gasteiger partial charge on any atom is -0.0622 e. The summed E-state index contributed by atoms with van der Waals surface area (Å²) in [5.41, 5.74) is 18.1. The highest BCUT2D eigenvalue weighted by atomic mass is 127. The van der Waals surface area contributed by atoms with Gasteiger partial charge in [-0.2, -0.15) is 0 Å². The third-order valence-electron chi connectivity index (χ3n) is 13.8. The van der Waals surface area contributed by atoms with E-state index in [0.717, 1.165) is 12.8 Å². The predicted octanol–water partition coefficient (Wildman–Crippen LogP) is 17.8. The van der Waals surface area contributed by atoms with Gasteiger partial charge >= 0.3 is 0 Å². The van der Waals surface area contributed by atoms with Crippen LogP contribution in [0, 0.1) is 0 Å². The van der Waals surface area contributed by atoms with E-state index in [0.29, 0.717) is 0 Å². The predicted molar refractivity (Wildman–Crippen MR) is 275 cm³/mol. The summed E-state index contributed by atoms with van der Waals surface area (Å²) in [5.74, 6) is 0. The second-order valence-corrected chi connectivity index (χ2v) is 19.1. The lowest BCUT2D eigenvalue weighted by Crippen LogP contribution is -2.15. The molecule has 62 heavy (non-hydrogen) atoms. The largest absolute Gasteiger partial charge is 0.0622 e. The van der Waals surface area contributed by atoms with Gasteiger partial charge in [-0.25, -0.2) is 0 Å². The zero-order valence-electron chi connectivity index (χ0n) is 34.8. The number of allylic oxidation sites excluding steroid dienone is 4. The molecule has 0 aliphatic heterocycles. The van der Waals surface area contributed by atoms with Gasteiger partial charge in [-0.1, -0.05) is 166 Å². The maximum atomic E-state index is 2.48. The number of hydrogen-bond acceptors (Lipinski definition) is 0. The number of halogens is 1. The summed E-state index contributed by atoms with van der Waals surface area (Å²) < 4.78 is 1.41. The molecule has 0 saturated carbocycles. The van der Waals surface area contributed by atoms with E-state index in [1.54, 1.807) is 0 Å². The molecular formula is C61H43I. The van der Waals surface area contributed by atoms with Crippen LogP contribution in [0.5, 0.6) is 0 Å². The summed E-state index contributed by atoms with van der Waals surface area (Å²) in [7, 11) is 0. The van der Waals surface area contributed by atoms with Crippen LogP contribution in [0.1, 0.15) is 43.4 Å². The van der Waals surface area contributed by atoms with E-state index in [2.05, 4.69) is 237 Å². The fourth-order valence-electron chi connectivity index (χ4n) is 10.4. The van der Waals surface area contributed by atoms with Crippen LogP contribution < -0.4 is 0 Å². The van der Waals surface area contributed by atoms with E-state index in [-0.39, 0.29) is 5.41 Å². The molecule has 0 aromatic heterocycles. The maximum Gasteiger partial charge on any atom is 0.0159 e. The number of hydrogen-bond donors (Lipinski definition) is 0. The minimum atomic E-state index is -0.118. The van der Waals surface area contributed by atoms with Gasteiger partial charge in [-0.15, -0.1) is 0 Å². The SMILES string of the molecule is CC1(C)c2cc(-c3ccccc3)ccc2-c2ccc(-c3ccc4c(c3)cc(-c3ccc5ccccc5c3)c3cc(-c5cc6ccccc6cc5C5=CC=C(I)CC5)ccc34)cc21. The Morgan fingerprint density at radius 2 is 0.871 bits per heavy atom. The summed E-state index contributed by atoms with van der Waals surface area (Å²) in [4.78, 5) is 0. The van der Waals surface area contributed by atoms with Crippen molar-refractivity contribution in [2.45, 2.75) is 32.1 Å². The summed E-state index contributed by atoms with van der Waals surface area (Å²) in [5, 5.41) is 10.1. The van der Waals surface area contributed by atoms with Gasteiger partial charge in [-0.05, 0) is 209 Å². The highest BCUT2D eigenvalue weighted by Gasteiger charge is 2.36. The van der Waals surface area contributed by atoms with Gasteiger partial charge in [-0.3, -0.25) is 0 Å². The summed E-state index contributed by atoms with van der Waals surface area (Å²) in [6.45, 7) is 4.77. The zero-order chi connectivity index (χ0) is 41.5. The van der Waals surface area contributed by atoms with Crippen LogP contribution >= 0.6 is 22.6 Å². The first-order chi connectivity index (χ1) is 30.4. The van der Waals surface area contributed by atoms with Gasteiger partial charge in [0.25, 0.3) is 0 Å². The van der Waals surface area contributed by atoms with E-state index < -0.39 is 0 Å². The lowest BCUT2D eigenvalue weighted by Gasteiger charge is -2.23. The molecule has 0 N–H and O–H groups in total. The number of fused-ring (bicyclic) bond motifs is 8. The first-order valence-electron chi connectivity index (χ1n) is 21.8. The topological polar surface area (TPSA) is 0 Å². The van der Waals surface area contributed by atoms with Crippen molar-refractivity contribution in [3.8, 4) is 55.6 Å². The Balaban J connectivity index is 1.02. The van der Waals surface area contributed by atoms with Crippen LogP contribution in [0.25, 0.3) is 104 Å². The maximum absolute atomic E-state index is 2.48. The molecule has 0 nitrogen and oxygen atoms in total. The van der Waals surface area contributed by atoms with E-state index in [9.17, 15) is 0 Å². The monoisotopic (exact) mass is 902 g/mol. The third-order valence-corrected chi connectivity index (χ3v) is 14.7. The Bertz CT molecular complexity index is 3540. The van der Waals surface area contributed by atoms with Crippen molar-refractivity contribution >= 4 is 71.3 Å². The number of rotatable bonds is 5. The smallest absolute Gasteiger partial charge is 0.0159 e. The molecule has 0 atom stereocenters. The average Bonchev–Trinajstić information content (AvgIpc) is 3.55. The van der Waals surface area contributed by atoms with Crippen LogP contribution in [-0.2, 0) is 5.41 Å². The number of benzene rings is 10. The Morgan fingerprint density at radius 3 is 1.58 bits per heavy atom. The van der Waals surface area contributed by atoms with E-state index in [1.807, 2.05) is 0 Å².